The minimum Gasteiger partial charge on any atom is -0.377 e. The van der Waals surface area contributed by atoms with Crippen LogP contribution in [0.1, 0.15) is 143 Å². The van der Waals surface area contributed by atoms with E-state index in [0.29, 0.717) is 6.04 Å². The fourth-order valence-corrected chi connectivity index (χ4v) is 5.25. The molecule has 0 bridgehead atoms. The van der Waals surface area contributed by atoms with Crippen LogP contribution in [0, 0.1) is 26.8 Å². The number of unbranched alkanes of at least 4 members (excludes halogenated alkanes) is 15. The quantitative estimate of drug-likeness (QED) is 0.0708. The fourth-order valence-electron chi connectivity index (χ4n) is 3.61. The van der Waals surface area contributed by atoms with E-state index in [-0.39, 0.29) is 21.1 Å². The third-order valence-corrected chi connectivity index (χ3v) is 8.85. The average molecular weight is 734 g/mol. The van der Waals surface area contributed by atoms with Crippen LogP contribution >= 0.6 is 0 Å². The third-order valence-electron chi connectivity index (χ3n) is 6.17. The maximum Gasteiger partial charge on any atom is 4.00 e. The summed E-state index contributed by atoms with van der Waals surface area (Å²) in [4.78, 5) is 0. The van der Waals surface area contributed by atoms with Crippen molar-refractivity contribution in [2.24, 2.45) is 0 Å². The van der Waals surface area contributed by atoms with Crippen LogP contribution in [0.5, 0.6) is 0 Å². The molecule has 0 spiro atoms. The molecular formula is C33H66O3PtSi. The molecule has 1 rings (SSSR count). The van der Waals surface area contributed by atoms with Crippen LogP contribution < -0.4 is 0 Å². The monoisotopic (exact) mass is 733 g/mol. The molecule has 0 atom stereocenters. The van der Waals surface area contributed by atoms with Gasteiger partial charge in [0.1, 0.15) is 0 Å². The second kappa shape index (κ2) is 39.4. The van der Waals surface area contributed by atoms with Gasteiger partial charge >= 0.3 is 29.9 Å². The molecule has 38 heavy (non-hydrogen) atoms. The molecule has 0 unspecified atom stereocenters. The molecule has 230 valence electrons. The van der Waals surface area contributed by atoms with Crippen molar-refractivity contribution in [3.8, 4) is 0 Å². The van der Waals surface area contributed by atoms with E-state index < -0.39 is 8.80 Å². The molecule has 0 aromatic carbocycles. The van der Waals surface area contributed by atoms with E-state index >= 15 is 0 Å². The maximum absolute atomic E-state index is 5.30. The van der Waals surface area contributed by atoms with Crippen LogP contribution in [0.25, 0.3) is 0 Å². The van der Waals surface area contributed by atoms with Gasteiger partial charge in [-0.05, 0) is 0 Å². The molecule has 0 amide bonds. The second-order valence-corrected chi connectivity index (χ2v) is 12.5. The Morgan fingerprint density at radius 2 is 0.974 bits per heavy atom. The van der Waals surface area contributed by atoms with Gasteiger partial charge in [-0.1, -0.05) is 117 Å². The van der Waals surface area contributed by atoms with Crippen molar-refractivity contribution in [3.63, 3.8) is 0 Å². The van der Waals surface area contributed by atoms with Crippen LogP contribution in [-0.2, 0) is 34.3 Å². The molecule has 0 radical (unpaired) electrons. The maximum atomic E-state index is 5.30. The SMILES string of the molecule is CO[Si](CC1=[C-]CC=C1)(OC)OC.[CH2-]CCCCCCC.[CH2-]CCCCCCC.[CH2-]CCCCCCC.[Pt+4]. The van der Waals surface area contributed by atoms with Crippen LogP contribution in [0.2, 0.25) is 6.04 Å². The van der Waals surface area contributed by atoms with Crippen LogP contribution in [0.4, 0.5) is 0 Å². The summed E-state index contributed by atoms with van der Waals surface area (Å²) in [6, 6.07) is 0.701. The fraction of sp³-hybridized carbons (Fsp3) is 0.788. The van der Waals surface area contributed by atoms with Crippen molar-refractivity contribution in [2.75, 3.05) is 21.3 Å². The summed E-state index contributed by atoms with van der Waals surface area (Å²) in [5.74, 6) is 0. The van der Waals surface area contributed by atoms with E-state index in [1.54, 1.807) is 21.3 Å². The molecule has 0 fully saturated rings. The van der Waals surface area contributed by atoms with E-state index in [4.69, 9.17) is 13.3 Å². The summed E-state index contributed by atoms with van der Waals surface area (Å²) in [6.07, 6.45) is 32.1. The molecule has 0 aliphatic heterocycles. The molecule has 1 aliphatic carbocycles. The summed E-state index contributed by atoms with van der Waals surface area (Å²) < 4.78 is 15.9. The molecule has 0 N–H and O–H groups in total. The molecule has 0 saturated heterocycles. The summed E-state index contributed by atoms with van der Waals surface area (Å²) in [6.45, 7) is 18.1. The zero-order chi connectivity index (χ0) is 28.5. The Balaban J connectivity index is -0.000000207. The van der Waals surface area contributed by atoms with Gasteiger partial charge in [0, 0.05) is 27.4 Å². The van der Waals surface area contributed by atoms with E-state index in [1.807, 2.05) is 6.08 Å². The Bertz CT molecular complexity index is 410. The first kappa shape index (κ1) is 45.3. The van der Waals surface area contributed by atoms with Gasteiger partial charge in [0.2, 0.25) is 0 Å². The molecule has 0 heterocycles. The van der Waals surface area contributed by atoms with Gasteiger partial charge in [0.05, 0.1) is 0 Å². The Hall–Kier alpha value is 0.265. The number of hydrogen-bond acceptors (Lipinski definition) is 3. The molecule has 0 aromatic rings. The standard InChI is InChI=1S/C9H15O3Si.3C8H17.Pt/c1-10-13(11-2,12-3)8-9-6-4-5-7-9;3*1-3-5-7-8-6-4-2;/h4,6H,5,8H2,1-3H3;3*1,3-8H2,2H3;/q4*-1;+4. The Labute approximate surface area is 257 Å². The number of hydrogen-bond donors (Lipinski definition) is 0. The molecule has 5 heteroatoms. The Kier molecular flexibility index (Phi) is 46.9. The van der Waals surface area contributed by atoms with Gasteiger partial charge in [0.25, 0.3) is 0 Å². The van der Waals surface area contributed by atoms with E-state index in [0.717, 1.165) is 31.3 Å². The number of rotatable bonds is 20. The summed E-state index contributed by atoms with van der Waals surface area (Å²) in [5, 5.41) is 0. The predicted octanol–water partition coefficient (Wildman–Crippen LogP) is 11.1. The Morgan fingerprint density at radius 3 is 1.21 bits per heavy atom. The van der Waals surface area contributed by atoms with E-state index in [1.165, 1.54) is 96.3 Å². The second-order valence-electron chi connectivity index (χ2n) is 9.58. The molecule has 0 aromatic heterocycles. The van der Waals surface area contributed by atoms with Crippen molar-refractivity contribution in [1.82, 2.24) is 0 Å². The zero-order valence-corrected chi connectivity index (χ0v) is 29.7. The largest absolute Gasteiger partial charge is 4.00 e. The van der Waals surface area contributed by atoms with Gasteiger partial charge in [0.15, 0.2) is 0 Å². The molecule has 0 saturated carbocycles. The van der Waals surface area contributed by atoms with Crippen molar-refractivity contribution in [1.29, 1.82) is 0 Å². The topological polar surface area (TPSA) is 27.7 Å². The molecule has 3 nitrogen and oxygen atoms in total. The first-order valence-corrected chi connectivity index (χ1v) is 17.2. The van der Waals surface area contributed by atoms with Crippen LogP contribution in [-0.4, -0.2) is 30.1 Å². The molecular weight excluding hydrogens is 668 g/mol. The van der Waals surface area contributed by atoms with Gasteiger partial charge < -0.3 is 34.0 Å². The Morgan fingerprint density at radius 1 is 0.632 bits per heavy atom. The normalized spacial score (nSPS) is 11.8. The van der Waals surface area contributed by atoms with Crippen LogP contribution in [0.15, 0.2) is 17.7 Å². The van der Waals surface area contributed by atoms with Gasteiger partial charge in [-0.3, -0.25) is 6.08 Å². The summed E-state index contributed by atoms with van der Waals surface area (Å²) in [5.41, 5.74) is 1.12. The predicted molar refractivity (Wildman–Crippen MR) is 168 cm³/mol. The minimum atomic E-state index is -2.43. The van der Waals surface area contributed by atoms with Crippen molar-refractivity contribution < 1.29 is 34.3 Å². The van der Waals surface area contributed by atoms with Gasteiger partial charge in [-0.2, -0.15) is 25.3 Å². The smallest absolute Gasteiger partial charge is 0.377 e. The van der Waals surface area contributed by atoms with Crippen molar-refractivity contribution in [3.05, 3.63) is 44.6 Å². The minimum absolute atomic E-state index is 0. The third kappa shape index (κ3) is 34.3. The van der Waals surface area contributed by atoms with E-state index in [9.17, 15) is 0 Å². The van der Waals surface area contributed by atoms with Crippen LogP contribution in [0.3, 0.4) is 0 Å². The first-order valence-electron chi connectivity index (χ1n) is 15.3. The average Bonchev–Trinajstić information content (AvgIpc) is 3.45. The van der Waals surface area contributed by atoms with E-state index in [2.05, 4.69) is 53.7 Å². The van der Waals surface area contributed by atoms with Gasteiger partial charge in [-0.25, -0.2) is 11.6 Å². The first-order chi connectivity index (χ1) is 18.0. The van der Waals surface area contributed by atoms with Crippen molar-refractivity contribution >= 4 is 8.80 Å². The summed E-state index contributed by atoms with van der Waals surface area (Å²) in [7, 11) is 2.44. The summed E-state index contributed by atoms with van der Waals surface area (Å²) >= 11 is 0. The number of allylic oxidation sites excluding steroid dienone is 4. The van der Waals surface area contributed by atoms with Crippen molar-refractivity contribution in [2.45, 2.75) is 149 Å². The zero-order valence-electron chi connectivity index (χ0n) is 26.5. The van der Waals surface area contributed by atoms with Gasteiger partial charge in [-0.15, -0.1) is 6.42 Å². The molecule has 1 aliphatic rings.